The zero-order valence-electron chi connectivity index (χ0n) is 10.4. The van der Waals surface area contributed by atoms with E-state index in [-0.39, 0.29) is 18.2 Å². The first-order valence-electron chi connectivity index (χ1n) is 5.96. The Hall–Kier alpha value is -1.79. The molecule has 1 aliphatic rings. The van der Waals surface area contributed by atoms with Gasteiger partial charge in [0.1, 0.15) is 0 Å². The molecule has 1 rings (SSSR count). The summed E-state index contributed by atoms with van der Waals surface area (Å²) in [7, 11) is 0. The lowest BCUT2D eigenvalue weighted by atomic mass is 9.97. The Morgan fingerprint density at radius 1 is 1.50 bits per heavy atom. The maximum Gasteiger partial charge on any atom is 0.314 e. The molecule has 0 aliphatic carbocycles. The van der Waals surface area contributed by atoms with Gasteiger partial charge in [0, 0.05) is 19.1 Å². The summed E-state index contributed by atoms with van der Waals surface area (Å²) in [5.74, 6) is -1.47. The van der Waals surface area contributed by atoms with E-state index in [1.807, 2.05) is 0 Å². The van der Waals surface area contributed by atoms with Gasteiger partial charge in [0.2, 0.25) is 5.91 Å². The molecule has 0 spiro atoms. The molecule has 1 saturated heterocycles. The summed E-state index contributed by atoms with van der Waals surface area (Å²) in [6.45, 7) is 2.52. The van der Waals surface area contributed by atoms with E-state index in [2.05, 4.69) is 5.32 Å². The fourth-order valence-electron chi connectivity index (χ4n) is 2.06. The number of piperidine rings is 1. The lowest BCUT2D eigenvalue weighted by Gasteiger charge is -2.31. The number of carbonyl (C=O) groups is 3. The van der Waals surface area contributed by atoms with E-state index in [1.165, 1.54) is 4.90 Å². The van der Waals surface area contributed by atoms with Crippen LogP contribution in [-0.4, -0.2) is 47.0 Å². The molecule has 1 heterocycles. The molecule has 4 N–H and O–H groups in total. The van der Waals surface area contributed by atoms with Crippen molar-refractivity contribution in [2.45, 2.75) is 32.2 Å². The number of carboxylic acid groups (broad SMARTS) is 1. The van der Waals surface area contributed by atoms with Crippen LogP contribution in [0.1, 0.15) is 26.2 Å². The van der Waals surface area contributed by atoms with Crippen LogP contribution >= 0.6 is 0 Å². The summed E-state index contributed by atoms with van der Waals surface area (Å²) in [6.07, 6.45) is 1.31. The molecule has 0 bridgehead atoms. The van der Waals surface area contributed by atoms with E-state index in [9.17, 15) is 14.4 Å². The van der Waals surface area contributed by atoms with Crippen LogP contribution < -0.4 is 11.1 Å². The normalized spacial score (nSPS) is 21.2. The number of urea groups is 1. The van der Waals surface area contributed by atoms with E-state index >= 15 is 0 Å². The van der Waals surface area contributed by atoms with Gasteiger partial charge >= 0.3 is 12.0 Å². The summed E-state index contributed by atoms with van der Waals surface area (Å²) in [5.41, 5.74) is 5.17. The first kappa shape index (κ1) is 14.3. The Balaban J connectivity index is 2.46. The van der Waals surface area contributed by atoms with Gasteiger partial charge in [0.05, 0.1) is 12.3 Å². The molecule has 0 aromatic carbocycles. The van der Waals surface area contributed by atoms with Crippen LogP contribution in [0.25, 0.3) is 0 Å². The molecular weight excluding hydrogens is 238 g/mol. The molecule has 7 heteroatoms. The minimum absolute atomic E-state index is 0.113. The second kappa shape index (κ2) is 6.23. The van der Waals surface area contributed by atoms with Gasteiger partial charge in [-0.3, -0.25) is 9.59 Å². The van der Waals surface area contributed by atoms with Gasteiger partial charge in [-0.25, -0.2) is 4.79 Å². The lowest BCUT2D eigenvalue weighted by molar-refractivity contribution is -0.137. The molecule has 0 radical (unpaired) electrons. The Labute approximate surface area is 105 Å². The average Bonchev–Trinajstić information content (AvgIpc) is 2.27. The number of carboxylic acids is 1. The number of hydrogen-bond acceptors (Lipinski definition) is 3. The number of rotatable bonds is 4. The number of hydrogen-bond donors (Lipinski definition) is 3. The highest BCUT2D eigenvalue weighted by molar-refractivity contribution is 5.81. The molecule has 1 fully saturated rings. The summed E-state index contributed by atoms with van der Waals surface area (Å²) in [4.78, 5) is 34.8. The molecule has 18 heavy (non-hydrogen) atoms. The minimum atomic E-state index is -0.954. The van der Waals surface area contributed by atoms with Crippen molar-refractivity contribution < 1.29 is 19.5 Å². The van der Waals surface area contributed by atoms with Crippen LogP contribution in [0.2, 0.25) is 0 Å². The number of nitrogens with one attached hydrogen (secondary N) is 1. The number of aliphatic carboxylic acids is 1. The van der Waals surface area contributed by atoms with Crippen LogP contribution in [0.4, 0.5) is 4.79 Å². The average molecular weight is 257 g/mol. The van der Waals surface area contributed by atoms with E-state index in [4.69, 9.17) is 10.8 Å². The second-order valence-electron chi connectivity index (χ2n) is 4.63. The number of primary amides is 1. The molecule has 0 saturated carbocycles. The van der Waals surface area contributed by atoms with Crippen LogP contribution in [0, 0.1) is 5.92 Å². The topological polar surface area (TPSA) is 113 Å². The zero-order valence-corrected chi connectivity index (χ0v) is 10.4. The third kappa shape index (κ3) is 4.23. The predicted octanol–water partition coefficient (Wildman–Crippen LogP) is -0.243. The van der Waals surface area contributed by atoms with Crippen molar-refractivity contribution in [2.75, 3.05) is 13.1 Å². The maximum absolute atomic E-state index is 11.9. The zero-order chi connectivity index (χ0) is 13.7. The van der Waals surface area contributed by atoms with Gasteiger partial charge < -0.3 is 21.1 Å². The molecule has 7 nitrogen and oxygen atoms in total. The SMILES string of the molecule is CC(CC(=O)O)NC(=O)C1CCCN(C(N)=O)C1. The Morgan fingerprint density at radius 3 is 2.72 bits per heavy atom. The fraction of sp³-hybridized carbons (Fsp3) is 0.727. The predicted molar refractivity (Wildman–Crippen MR) is 63.7 cm³/mol. The van der Waals surface area contributed by atoms with Gasteiger partial charge in [0.15, 0.2) is 0 Å². The first-order chi connectivity index (χ1) is 8.40. The van der Waals surface area contributed by atoms with E-state index in [0.717, 1.165) is 6.42 Å². The van der Waals surface area contributed by atoms with Gasteiger partial charge in [-0.1, -0.05) is 0 Å². The fourth-order valence-corrected chi connectivity index (χ4v) is 2.06. The number of nitrogens with zero attached hydrogens (tertiary/aromatic N) is 1. The van der Waals surface area contributed by atoms with Crippen LogP contribution in [-0.2, 0) is 9.59 Å². The van der Waals surface area contributed by atoms with Gasteiger partial charge in [-0.15, -0.1) is 0 Å². The summed E-state index contributed by atoms with van der Waals surface area (Å²) in [6, 6.07) is -0.940. The molecule has 1 aliphatic heterocycles. The van der Waals surface area contributed by atoms with Crippen LogP contribution in [0.15, 0.2) is 0 Å². The largest absolute Gasteiger partial charge is 0.481 e. The number of likely N-dealkylation sites (tertiary alicyclic amines) is 1. The summed E-state index contributed by atoms with van der Waals surface area (Å²) in [5, 5.41) is 11.2. The minimum Gasteiger partial charge on any atom is -0.481 e. The molecular formula is C11H19N3O4. The monoisotopic (exact) mass is 257 g/mol. The van der Waals surface area contributed by atoms with E-state index in [0.29, 0.717) is 19.5 Å². The molecule has 0 aromatic rings. The Bertz CT molecular complexity index is 345. The standard InChI is InChI=1S/C11H19N3O4/c1-7(5-9(15)16)13-10(17)8-3-2-4-14(6-8)11(12)18/h7-8H,2-6H2,1H3,(H2,12,18)(H,13,17)(H,15,16). The van der Waals surface area contributed by atoms with Crippen molar-refractivity contribution in [1.29, 1.82) is 0 Å². The highest BCUT2D eigenvalue weighted by atomic mass is 16.4. The maximum atomic E-state index is 11.9. The molecule has 2 unspecified atom stereocenters. The highest BCUT2D eigenvalue weighted by Crippen LogP contribution is 2.16. The molecule has 3 amide bonds. The Morgan fingerprint density at radius 2 is 2.17 bits per heavy atom. The van der Waals surface area contributed by atoms with E-state index < -0.39 is 18.0 Å². The third-order valence-corrected chi connectivity index (χ3v) is 2.97. The van der Waals surface area contributed by atoms with Crippen molar-refractivity contribution >= 4 is 17.9 Å². The smallest absolute Gasteiger partial charge is 0.314 e. The van der Waals surface area contributed by atoms with E-state index in [1.54, 1.807) is 6.92 Å². The summed E-state index contributed by atoms with van der Waals surface area (Å²) >= 11 is 0. The first-order valence-corrected chi connectivity index (χ1v) is 5.96. The van der Waals surface area contributed by atoms with Crippen molar-refractivity contribution in [3.63, 3.8) is 0 Å². The highest BCUT2D eigenvalue weighted by Gasteiger charge is 2.28. The molecule has 102 valence electrons. The van der Waals surface area contributed by atoms with Gasteiger partial charge in [-0.2, -0.15) is 0 Å². The van der Waals surface area contributed by atoms with Gasteiger partial charge in [-0.05, 0) is 19.8 Å². The third-order valence-electron chi connectivity index (χ3n) is 2.97. The van der Waals surface area contributed by atoms with Crippen molar-refractivity contribution in [3.05, 3.63) is 0 Å². The summed E-state index contributed by atoms with van der Waals surface area (Å²) < 4.78 is 0. The second-order valence-corrected chi connectivity index (χ2v) is 4.63. The lowest BCUT2D eigenvalue weighted by Crippen LogP contribution is -2.48. The number of nitrogens with two attached hydrogens (primary N) is 1. The van der Waals surface area contributed by atoms with Crippen molar-refractivity contribution in [3.8, 4) is 0 Å². The quantitative estimate of drug-likeness (QED) is 0.644. The number of amides is 3. The number of carbonyl (C=O) groups excluding carboxylic acids is 2. The van der Waals surface area contributed by atoms with Gasteiger partial charge in [0.25, 0.3) is 0 Å². The molecule has 2 atom stereocenters. The molecule has 0 aromatic heterocycles. The van der Waals surface area contributed by atoms with Crippen molar-refractivity contribution in [1.82, 2.24) is 10.2 Å². The van der Waals surface area contributed by atoms with Crippen LogP contribution in [0.3, 0.4) is 0 Å². The van der Waals surface area contributed by atoms with Crippen LogP contribution in [0.5, 0.6) is 0 Å². The van der Waals surface area contributed by atoms with Crippen molar-refractivity contribution in [2.24, 2.45) is 11.7 Å². The Kier molecular flexibility index (Phi) is 4.94.